The van der Waals surface area contributed by atoms with Crippen LogP contribution in [0.5, 0.6) is 5.75 Å². The number of carbonyl (C=O) groups excluding carboxylic acids is 1. The molecule has 0 atom stereocenters. The van der Waals surface area contributed by atoms with Crippen LogP contribution in [0.3, 0.4) is 0 Å². The van der Waals surface area contributed by atoms with Crippen molar-refractivity contribution >= 4 is 17.6 Å². The van der Waals surface area contributed by atoms with Gasteiger partial charge in [-0.05, 0) is 43.0 Å². The summed E-state index contributed by atoms with van der Waals surface area (Å²) in [4.78, 5) is 11.1. The molecular weight excluding hydrogens is 290 g/mol. The van der Waals surface area contributed by atoms with E-state index in [1.54, 1.807) is 6.92 Å². The third-order valence-corrected chi connectivity index (χ3v) is 2.99. The summed E-state index contributed by atoms with van der Waals surface area (Å²) in [6.45, 7) is 6.63. The first kappa shape index (κ1) is 16.7. The van der Waals surface area contributed by atoms with Crippen LogP contribution in [0.15, 0.2) is 12.1 Å². The van der Waals surface area contributed by atoms with Crippen molar-refractivity contribution in [2.45, 2.75) is 39.7 Å². The molecule has 3 nitrogen and oxygen atoms in total. The van der Waals surface area contributed by atoms with Crippen LogP contribution in [0.2, 0.25) is 5.02 Å². The van der Waals surface area contributed by atoms with Gasteiger partial charge in [-0.25, -0.2) is 4.79 Å². The minimum Gasteiger partial charge on any atom is -0.459 e. The quantitative estimate of drug-likeness (QED) is 0.761. The van der Waals surface area contributed by atoms with E-state index in [0.29, 0.717) is 16.1 Å². The summed E-state index contributed by atoms with van der Waals surface area (Å²) in [6.07, 6.45) is -4.02. The maximum absolute atomic E-state index is 13.6. The zero-order chi connectivity index (χ0) is 15.5. The van der Waals surface area contributed by atoms with Gasteiger partial charge in [0.25, 0.3) is 0 Å². The van der Waals surface area contributed by atoms with Crippen LogP contribution < -0.4 is 4.74 Å². The molecule has 0 saturated heterocycles. The van der Waals surface area contributed by atoms with Crippen molar-refractivity contribution in [2.75, 3.05) is 6.61 Å². The molecule has 0 bridgehead atoms. The van der Waals surface area contributed by atoms with Crippen molar-refractivity contribution in [2.24, 2.45) is 0 Å². The zero-order valence-corrected chi connectivity index (χ0v) is 12.6. The fraction of sp³-hybridized carbons (Fsp3) is 0.500. The van der Waals surface area contributed by atoms with E-state index in [-0.39, 0.29) is 18.3 Å². The van der Waals surface area contributed by atoms with Gasteiger partial charge in [-0.1, -0.05) is 25.4 Å². The number of carbonyl (C=O) groups is 1. The molecule has 0 radical (unpaired) electrons. The number of halogens is 3. The third-order valence-electron chi connectivity index (χ3n) is 2.67. The van der Waals surface area contributed by atoms with Crippen LogP contribution in [0, 0.1) is 6.92 Å². The largest absolute Gasteiger partial charge is 0.502 e. The highest BCUT2D eigenvalue weighted by Gasteiger charge is 2.44. The molecule has 0 aliphatic heterocycles. The van der Waals surface area contributed by atoms with Gasteiger partial charge in [0.15, 0.2) is 0 Å². The first-order valence-corrected chi connectivity index (χ1v) is 6.61. The van der Waals surface area contributed by atoms with Gasteiger partial charge in [-0.15, -0.1) is 0 Å². The van der Waals surface area contributed by atoms with E-state index < -0.39 is 12.1 Å². The van der Waals surface area contributed by atoms with Crippen molar-refractivity contribution in [1.82, 2.24) is 0 Å². The Bertz CT molecular complexity index is 501. The van der Waals surface area contributed by atoms with Gasteiger partial charge in [-0.3, -0.25) is 0 Å². The molecule has 1 aromatic carbocycles. The number of esters is 1. The summed E-state index contributed by atoms with van der Waals surface area (Å²) >= 11 is 6.05. The Morgan fingerprint density at radius 2 is 2.00 bits per heavy atom. The van der Waals surface area contributed by atoms with Crippen LogP contribution >= 0.6 is 11.6 Å². The monoisotopic (exact) mass is 306 g/mol. The fourth-order valence-corrected chi connectivity index (χ4v) is 2.05. The Morgan fingerprint density at radius 3 is 2.50 bits per heavy atom. The maximum atomic E-state index is 13.6. The molecule has 0 spiro atoms. The molecule has 0 aliphatic carbocycles. The van der Waals surface area contributed by atoms with Gasteiger partial charge in [0.05, 0.1) is 6.61 Å². The van der Waals surface area contributed by atoms with Crippen molar-refractivity contribution in [1.29, 1.82) is 0 Å². The molecule has 1 aromatic rings. The Hall–Kier alpha value is -1.36. The predicted octanol–water partition coefficient (Wildman–Crippen LogP) is 4.31. The number of ether oxygens (including phenoxy) is 2. The lowest BCUT2D eigenvalue weighted by Crippen LogP contribution is -2.37. The molecule has 112 valence electrons. The zero-order valence-electron chi connectivity index (χ0n) is 11.8. The van der Waals surface area contributed by atoms with Crippen LogP contribution in [-0.4, -0.2) is 18.7 Å². The molecule has 0 aromatic heterocycles. The number of hydrogen-bond acceptors (Lipinski definition) is 3. The van der Waals surface area contributed by atoms with Gasteiger partial charge in [0, 0.05) is 5.02 Å². The Labute approximate surface area is 121 Å². The molecule has 0 aliphatic rings. The lowest BCUT2D eigenvalue weighted by Gasteiger charge is -2.19. The standard InChI is InChI=1S/C14H17ClF2O3/c1-5-19-13(18)14(16,17)20-12-7-10(8(2)3)11(15)6-9(12)4/h6-8H,5H2,1-4H3. The van der Waals surface area contributed by atoms with E-state index in [1.165, 1.54) is 19.1 Å². The third kappa shape index (κ3) is 3.82. The van der Waals surface area contributed by atoms with E-state index in [9.17, 15) is 13.6 Å². The van der Waals surface area contributed by atoms with Gasteiger partial charge in [0.2, 0.25) is 0 Å². The highest BCUT2D eigenvalue weighted by Crippen LogP contribution is 2.34. The summed E-state index contributed by atoms with van der Waals surface area (Å²) in [5.74, 6) is -1.75. The van der Waals surface area contributed by atoms with E-state index in [4.69, 9.17) is 11.6 Å². The lowest BCUT2D eigenvalue weighted by atomic mass is 10.0. The number of benzene rings is 1. The van der Waals surface area contributed by atoms with E-state index in [2.05, 4.69) is 9.47 Å². The summed E-state index contributed by atoms with van der Waals surface area (Å²) in [5, 5.41) is 0.476. The Kier molecular flexibility index (Phi) is 5.34. The summed E-state index contributed by atoms with van der Waals surface area (Å²) in [7, 11) is 0. The van der Waals surface area contributed by atoms with Crippen molar-refractivity contribution in [3.05, 3.63) is 28.3 Å². The van der Waals surface area contributed by atoms with E-state index in [0.717, 1.165) is 0 Å². The van der Waals surface area contributed by atoms with Gasteiger partial charge in [-0.2, -0.15) is 8.78 Å². The smallest absolute Gasteiger partial charge is 0.459 e. The second-order valence-electron chi connectivity index (χ2n) is 4.63. The number of hydrogen-bond donors (Lipinski definition) is 0. The van der Waals surface area contributed by atoms with Gasteiger partial charge in [0.1, 0.15) is 5.75 Å². The van der Waals surface area contributed by atoms with Gasteiger partial charge < -0.3 is 9.47 Å². The highest BCUT2D eigenvalue weighted by atomic mass is 35.5. The second kappa shape index (κ2) is 6.39. The molecule has 0 unspecified atom stereocenters. The topological polar surface area (TPSA) is 35.5 Å². The molecule has 0 amide bonds. The second-order valence-corrected chi connectivity index (χ2v) is 5.04. The average Bonchev–Trinajstić information content (AvgIpc) is 2.32. The van der Waals surface area contributed by atoms with E-state index >= 15 is 0 Å². The molecule has 1 rings (SSSR count). The first-order chi connectivity index (χ1) is 9.19. The first-order valence-electron chi connectivity index (χ1n) is 6.23. The fourth-order valence-electron chi connectivity index (χ4n) is 1.62. The minimum atomic E-state index is -4.02. The van der Waals surface area contributed by atoms with Crippen LogP contribution in [0.25, 0.3) is 0 Å². The maximum Gasteiger partial charge on any atom is 0.502 e. The van der Waals surface area contributed by atoms with Crippen molar-refractivity contribution in [3.8, 4) is 5.75 Å². The summed E-state index contributed by atoms with van der Waals surface area (Å²) < 4.78 is 36.0. The lowest BCUT2D eigenvalue weighted by molar-refractivity contribution is -0.216. The SMILES string of the molecule is CCOC(=O)C(F)(F)Oc1cc(C(C)C)c(Cl)cc1C. The minimum absolute atomic E-state index is 0.0432. The van der Waals surface area contributed by atoms with Crippen molar-refractivity contribution in [3.63, 3.8) is 0 Å². The summed E-state index contributed by atoms with van der Waals surface area (Å²) in [6, 6.07) is 2.96. The summed E-state index contributed by atoms with van der Waals surface area (Å²) in [5.41, 5.74) is 1.09. The number of rotatable bonds is 5. The Morgan fingerprint density at radius 1 is 1.40 bits per heavy atom. The average molecular weight is 307 g/mol. The number of alkyl halides is 2. The molecule has 0 fully saturated rings. The number of aryl methyl sites for hydroxylation is 1. The van der Waals surface area contributed by atoms with Gasteiger partial charge >= 0.3 is 12.1 Å². The highest BCUT2D eigenvalue weighted by molar-refractivity contribution is 6.31. The van der Waals surface area contributed by atoms with Crippen LogP contribution in [0.4, 0.5) is 8.78 Å². The Balaban J connectivity index is 3.08. The van der Waals surface area contributed by atoms with Crippen LogP contribution in [0.1, 0.15) is 37.8 Å². The molecule has 6 heteroatoms. The predicted molar refractivity (Wildman–Crippen MR) is 72.5 cm³/mol. The molecule has 0 saturated carbocycles. The van der Waals surface area contributed by atoms with Crippen LogP contribution in [-0.2, 0) is 9.53 Å². The molecule has 0 N–H and O–H groups in total. The normalized spacial score (nSPS) is 11.6. The van der Waals surface area contributed by atoms with E-state index in [1.807, 2.05) is 13.8 Å². The van der Waals surface area contributed by atoms with Crippen molar-refractivity contribution < 1.29 is 23.0 Å². The molecule has 20 heavy (non-hydrogen) atoms. The molecule has 0 heterocycles. The molecular formula is C14H17ClF2O3.